The van der Waals surface area contributed by atoms with Crippen LogP contribution in [0.5, 0.6) is 5.75 Å². The molecule has 0 radical (unpaired) electrons. The van der Waals surface area contributed by atoms with Crippen LogP contribution in [0.1, 0.15) is 45.2 Å². The highest BCUT2D eigenvalue weighted by atomic mass is 16.5. The van der Waals surface area contributed by atoms with E-state index in [0.29, 0.717) is 6.42 Å². The second-order valence-electron chi connectivity index (χ2n) is 5.10. The molecule has 1 aromatic rings. The number of nitrogens with two attached hydrogens (primary N) is 1. The zero-order valence-corrected chi connectivity index (χ0v) is 12.2. The summed E-state index contributed by atoms with van der Waals surface area (Å²) in [6.45, 7) is 5.71. The van der Waals surface area contributed by atoms with Gasteiger partial charge >= 0.3 is 0 Å². The van der Waals surface area contributed by atoms with Crippen LogP contribution in [0.3, 0.4) is 0 Å². The number of hydrogen-bond acceptors (Lipinski definition) is 3. The van der Waals surface area contributed by atoms with Gasteiger partial charge in [-0.15, -0.1) is 0 Å². The maximum absolute atomic E-state index is 12.2. The monoisotopic (exact) mass is 264 g/mol. The Hall–Kier alpha value is -1.55. The minimum absolute atomic E-state index is 0.132. The number of ether oxygens (including phenoxy) is 1. The van der Waals surface area contributed by atoms with Crippen LogP contribution in [0.25, 0.3) is 0 Å². The van der Waals surface area contributed by atoms with E-state index in [1.807, 2.05) is 38.1 Å². The Labute approximate surface area is 115 Å². The van der Waals surface area contributed by atoms with Gasteiger partial charge in [-0.25, -0.2) is 0 Å². The molecule has 106 valence electrons. The van der Waals surface area contributed by atoms with Crippen LogP contribution in [-0.4, -0.2) is 18.6 Å². The number of hydrogen-bond donors (Lipinski definition) is 2. The second-order valence-corrected chi connectivity index (χ2v) is 5.10. The number of benzene rings is 1. The summed E-state index contributed by atoms with van der Waals surface area (Å²) in [6, 6.07) is 7.52. The molecular formula is C15H24N2O2. The molecule has 0 heterocycles. The molecule has 2 atom stereocenters. The van der Waals surface area contributed by atoms with E-state index in [2.05, 4.69) is 5.32 Å². The highest BCUT2D eigenvalue weighted by molar-refractivity contribution is 5.85. The van der Waals surface area contributed by atoms with E-state index in [-0.39, 0.29) is 11.9 Å². The van der Waals surface area contributed by atoms with Crippen molar-refractivity contribution in [3.05, 3.63) is 29.8 Å². The summed E-state index contributed by atoms with van der Waals surface area (Å²) in [6.07, 6.45) is 1.54. The molecule has 0 aliphatic heterocycles. The van der Waals surface area contributed by atoms with Crippen LogP contribution in [0.15, 0.2) is 24.3 Å². The first-order chi connectivity index (χ1) is 8.92. The molecule has 0 aliphatic carbocycles. The maximum Gasteiger partial charge on any atom is 0.240 e. The molecule has 0 spiro atoms. The highest BCUT2D eigenvalue weighted by Gasteiger charge is 2.28. The molecular weight excluding hydrogens is 240 g/mol. The van der Waals surface area contributed by atoms with E-state index < -0.39 is 5.54 Å². The number of nitrogens with one attached hydrogen (secondary N) is 1. The lowest BCUT2D eigenvalue weighted by Crippen LogP contribution is -2.52. The first kappa shape index (κ1) is 15.5. The fourth-order valence-corrected chi connectivity index (χ4v) is 2.10. The minimum Gasteiger partial charge on any atom is -0.496 e. The molecule has 1 amide bonds. The molecule has 1 unspecified atom stereocenters. The van der Waals surface area contributed by atoms with Crippen LogP contribution in [-0.2, 0) is 4.79 Å². The molecule has 0 saturated carbocycles. The quantitative estimate of drug-likeness (QED) is 0.829. The third-order valence-electron chi connectivity index (χ3n) is 3.24. The summed E-state index contributed by atoms with van der Waals surface area (Å²) in [5, 5.41) is 2.95. The van der Waals surface area contributed by atoms with E-state index in [4.69, 9.17) is 10.5 Å². The Morgan fingerprint density at radius 2 is 2.11 bits per heavy atom. The standard InChI is InChI=1S/C15H24N2O2/c1-5-10-15(3,16)14(18)17-11(2)12-8-6-7-9-13(12)19-4/h6-9,11H,5,10,16H2,1-4H3,(H,17,18)/t11-,15?/m1/s1. The highest BCUT2D eigenvalue weighted by Crippen LogP contribution is 2.24. The molecule has 0 fully saturated rings. The SMILES string of the molecule is CCCC(C)(N)C(=O)N[C@H](C)c1ccccc1OC. The van der Waals surface area contributed by atoms with Crippen LogP contribution in [0.2, 0.25) is 0 Å². The van der Waals surface area contributed by atoms with Crippen molar-refractivity contribution in [2.24, 2.45) is 5.73 Å². The summed E-state index contributed by atoms with van der Waals surface area (Å²) in [5.41, 5.74) is 6.15. The number of carbonyl (C=O) groups is 1. The van der Waals surface area contributed by atoms with E-state index in [9.17, 15) is 4.79 Å². The van der Waals surface area contributed by atoms with Gasteiger partial charge in [-0.2, -0.15) is 0 Å². The fourth-order valence-electron chi connectivity index (χ4n) is 2.10. The number of para-hydroxylation sites is 1. The van der Waals surface area contributed by atoms with E-state index in [0.717, 1.165) is 17.7 Å². The Kier molecular flexibility index (Phi) is 5.36. The maximum atomic E-state index is 12.2. The van der Waals surface area contributed by atoms with Gasteiger partial charge in [0.1, 0.15) is 5.75 Å². The van der Waals surface area contributed by atoms with Crippen molar-refractivity contribution in [1.29, 1.82) is 0 Å². The average molecular weight is 264 g/mol. The second kappa shape index (κ2) is 6.57. The van der Waals surface area contributed by atoms with Crippen LogP contribution in [0, 0.1) is 0 Å². The smallest absolute Gasteiger partial charge is 0.240 e. The fraction of sp³-hybridized carbons (Fsp3) is 0.533. The van der Waals surface area contributed by atoms with Gasteiger partial charge in [0, 0.05) is 5.56 Å². The number of rotatable bonds is 6. The lowest BCUT2D eigenvalue weighted by molar-refractivity contribution is -0.126. The molecule has 4 heteroatoms. The normalized spacial score (nSPS) is 15.4. The summed E-state index contributed by atoms with van der Waals surface area (Å²) >= 11 is 0. The first-order valence-electron chi connectivity index (χ1n) is 6.65. The van der Waals surface area contributed by atoms with Crippen molar-refractivity contribution < 1.29 is 9.53 Å². The van der Waals surface area contributed by atoms with Gasteiger partial charge in [0.15, 0.2) is 0 Å². The third-order valence-corrected chi connectivity index (χ3v) is 3.24. The lowest BCUT2D eigenvalue weighted by Gasteiger charge is -2.26. The molecule has 1 aromatic carbocycles. The van der Waals surface area contributed by atoms with Gasteiger partial charge in [-0.1, -0.05) is 31.5 Å². The first-order valence-corrected chi connectivity index (χ1v) is 6.65. The molecule has 1 rings (SSSR count). The van der Waals surface area contributed by atoms with Crippen LogP contribution < -0.4 is 15.8 Å². The molecule has 0 aliphatic rings. The molecule has 19 heavy (non-hydrogen) atoms. The lowest BCUT2D eigenvalue weighted by atomic mass is 9.95. The zero-order chi connectivity index (χ0) is 14.5. The van der Waals surface area contributed by atoms with Gasteiger partial charge in [0.05, 0.1) is 18.7 Å². The Balaban J connectivity index is 2.79. The van der Waals surface area contributed by atoms with Crippen molar-refractivity contribution in [3.8, 4) is 5.75 Å². The van der Waals surface area contributed by atoms with Gasteiger partial charge in [0.25, 0.3) is 0 Å². The minimum atomic E-state index is -0.828. The van der Waals surface area contributed by atoms with Gasteiger partial charge in [-0.3, -0.25) is 4.79 Å². The average Bonchev–Trinajstić information content (AvgIpc) is 2.38. The molecule has 3 N–H and O–H groups in total. The van der Waals surface area contributed by atoms with Crippen molar-refractivity contribution in [3.63, 3.8) is 0 Å². The van der Waals surface area contributed by atoms with Crippen LogP contribution in [0.4, 0.5) is 0 Å². The Bertz CT molecular complexity index is 430. The summed E-state index contributed by atoms with van der Waals surface area (Å²) in [7, 11) is 1.62. The van der Waals surface area contributed by atoms with Crippen LogP contribution >= 0.6 is 0 Å². The Morgan fingerprint density at radius 3 is 2.68 bits per heavy atom. The topological polar surface area (TPSA) is 64.4 Å². The van der Waals surface area contributed by atoms with E-state index in [1.165, 1.54) is 0 Å². The summed E-state index contributed by atoms with van der Waals surface area (Å²) in [5.74, 6) is 0.636. The molecule has 0 aromatic heterocycles. The van der Waals surface area contributed by atoms with Crippen molar-refractivity contribution >= 4 is 5.91 Å². The molecule has 0 bridgehead atoms. The number of carbonyl (C=O) groups excluding carboxylic acids is 1. The van der Waals surface area contributed by atoms with Crippen molar-refractivity contribution in [2.45, 2.75) is 45.2 Å². The predicted molar refractivity (Wildman–Crippen MR) is 77.1 cm³/mol. The summed E-state index contributed by atoms with van der Waals surface area (Å²) < 4.78 is 5.30. The Morgan fingerprint density at radius 1 is 1.47 bits per heavy atom. The molecule has 4 nitrogen and oxygen atoms in total. The molecule has 0 saturated heterocycles. The van der Waals surface area contributed by atoms with E-state index in [1.54, 1.807) is 14.0 Å². The third kappa shape index (κ3) is 3.96. The zero-order valence-electron chi connectivity index (χ0n) is 12.2. The predicted octanol–water partition coefficient (Wildman–Crippen LogP) is 2.39. The van der Waals surface area contributed by atoms with Crippen molar-refractivity contribution in [2.75, 3.05) is 7.11 Å². The van der Waals surface area contributed by atoms with Crippen molar-refractivity contribution in [1.82, 2.24) is 5.32 Å². The number of amides is 1. The summed E-state index contributed by atoms with van der Waals surface area (Å²) in [4.78, 5) is 12.2. The van der Waals surface area contributed by atoms with E-state index >= 15 is 0 Å². The largest absolute Gasteiger partial charge is 0.496 e. The van der Waals surface area contributed by atoms with Gasteiger partial charge in [-0.05, 0) is 26.3 Å². The number of methoxy groups -OCH3 is 1. The van der Waals surface area contributed by atoms with Gasteiger partial charge in [0.2, 0.25) is 5.91 Å². The van der Waals surface area contributed by atoms with Gasteiger partial charge < -0.3 is 15.8 Å².